The molecule has 1 N–H and O–H groups in total. The number of hydrogen-bond donors (Lipinski definition) is 1. The Bertz CT molecular complexity index is 433. The Balaban J connectivity index is 2.01. The molecule has 0 unspecified atom stereocenters. The van der Waals surface area contributed by atoms with E-state index in [1.807, 2.05) is 0 Å². The number of ether oxygens (including phenoxy) is 1. The second kappa shape index (κ2) is 5.63. The second-order valence-electron chi connectivity index (χ2n) is 4.60. The molecule has 0 bridgehead atoms. The minimum atomic E-state index is -4.57. The molecule has 0 aromatic carbocycles. The average molecular weight is 275 g/mol. The number of rotatable bonds is 5. The van der Waals surface area contributed by atoms with Crippen LogP contribution in [0.2, 0.25) is 0 Å². The van der Waals surface area contributed by atoms with Gasteiger partial charge in [-0.15, -0.1) is 0 Å². The Morgan fingerprint density at radius 1 is 1.37 bits per heavy atom. The molecule has 4 nitrogen and oxygen atoms in total. The van der Waals surface area contributed by atoms with Crippen LogP contribution in [-0.2, 0) is 6.18 Å². The minimum Gasteiger partial charge on any atom is -0.478 e. The Morgan fingerprint density at radius 3 is 2.63 bits per heavy atom. The topological polar surface area (TPSA) is 47.0 Å². The Kier molecular flexibility index (Phi) is 4.11. The van der Waals surface area contributed by atoms with Crippen molar-refractivity contribution in [2.75, 3.05) is 19.0 Å². The highest BCUT2D eigenvalue weighted by Crippen LogP contribution is 2.30. The average Bonchev–Trinajstić information content (AvgIpc) is 2.31. The van der Waals surface area contributed by atoms with Crippen LogP contribution in [0.4, 0.5) is 19.0 Å². The molecule has 1 fully saturated rings. The molecule has 0 atom stereocenters. The summed E-state index contributed by atoms with van der Waals surface area (Å²) in [7, 11) is 1.50. The normalized spacial score (nSPS) is 16.0. The van der Waals surface area contributed by atoms with Crippen LogP contribution in [0.1, 0.15) is 31.5 Å². The van der Waals surface area contributed by atoms with Crippen molar-refractivity contribution < 1.29 is 17.9 Å². The van der Waals surface area contributed by atoms with Crippen molar-refractivity contribution in [3.05, 3.63) is 11.9 Å². The molecule has 106 valence electrons. The number of hydrogen-bond acceptors (Lipinski definition) is 4. The third-order valence-electron chi connectivity index (χ3n) is 3.21. The third-order valence-corrected chi connectivity index (χ3v) is 3.21. The van der Waals surface area contributed by atoms with E-state index in [1.54, 1.807) is 0 Å². The first-order valence-corrected chi connectivity index (χ1v) is 6.26. The maximum Gasteiger partial charge on any atom is 0.451 e. The summed E-state index contributed by atoms with van der Waals surface area (Å²) in [5, 5.41) is 2.57. The third kappa shape index (κ3) is 3.71. The standard InChI is InChI=1S/C12H16F3N3O/c1-16-9-7-10(18-11(17-9)12(13,14)15)19-6-5-8-3-2-4-8/h7-8H,2-6H2,1H3,(H,16,17,18). The first-order chi connectivity index (χ1) is 8.99. The summed E-state index contributed by atoms with van der Waals surface area (Å²) in [5.74, 6) is -0.474. The van der Waals surface area contributed by atoms with E-state index in [1.165, 1.54) is 32.4 Å². The first kappa shape index (κ1) is 13.9. The molecule has 2 rings (SSSR count). The van der Waals surface area contributed by atoms with Crippen LogP contribution in [0.25, 0.3) is 0 Å². The number of alkyl halides is 3. The quantitative estimate of drug-likeness (QED) is 0.897. The predicted octanol–water partition coefficient (Wildman–Crippen LogP) is 3.11. The summed E-state index contributed by atoms with van der Waals surface area (Å²) in [5.41, 5.74) is 0. The highest BCUT2D eigenvalue weighted by molar-refractivity contribution is 5.38. The molecule has 0 amide bonds. The van der Waals surface area contributed by atoms with Gasteiger partial charge in [0.15, 0.2) is 0 Å². The number of anilines is 1. The molecular weight excluding hydrogens is 259 g/mol. The van der Waals surface area contributed by atoms with Gasteiger partial charge in [0.25, 0.3) is 0 Å². The maximum atomic E-state index is 12.6. The molecule has 0 saturated heterocycles. The highest BCUT2D eigenvalue weighted by atomic mass is 19.4. The van der Waals surface area contributed by atoms with Crippen molar-refractivity contribution in [2.45, 2.75) is 31.9 Å². The molecule has 1 heterocycles. The van der Waals surface area contributed by atoms with E-state index in [-0.39, 0.29) is 11.7 Å². The summed E-state index contributed by atoms with van der Waals surface area (Å²) >= 11 is 0. The summed E-state index contributed by atoms with van der Waals surface area (Å²) in [6.45, 7) is 0.391. The van der Waals surface area contributed by atoms with Crippen LogP contribution < -0.4 is 10.1 Å². The van der Waals surface area contributed by atoms with Crippen molar-refractivity contribution in [1.82, 2.24) is 9.97 Å². The van der Waals surface area contributed by atoms with Gasteiger partial charge in [-0.1, -0.05) is 19.3 Å². The van der Waals surface area contributed by atoms with E-state index >= 15 is 0 Å². The van der Waals surface area contributed by atoms with E-state index in [0.717, 1.165) is 6.42 Å². The summed E-state index contributed by atoms with van der Waals surface area (Å²) in [6, 6.07) is 1.37. The predicted molar refractivity (Wildman–Crippen MR) is 64.0 cm³/mol. The minimum absolute atomic E-state index is 0.0361. The monoisotopic (exact) mass is 275 g/mol. The second-order valence-corrected chi connectivity index (χ2v) is 4.60. The van der Waals surface area contributed by atoms with Gasteiger partial charge in [-0.2, -0.15) is 18.2 Å². The zero-order valence-electron chi connectivity index (χ0n) is 10.6. The van der Waals surface area contributed by atoms with E-state index in [0.29, 0.717) is 12.5 Å². The first-order valence-electron chi connectivity index (χ1n) is 6.26. The van der Waals surface area contributed by atoms with E-state index < -0.39 is 12.0 Å². The molecule has 7 heteroatoms. The smallest absolute Gasteiger partial charge is 0.451 e. The van der Waals surface area contributed by atoms with Gasteiger partial charge >= 0.3 is 6.18 Å². The van der Waals surface area contributed by atoms with Crippen molar-refractivity contribution in [3.63, 3.8) is 0 Å². The Hall–Kier alpha value is -1.53. The number of halogens is 3. The molecule has 0 spiro atoms. The lowest BCUT2D eigenvalue weighted by Crippen LogP contribution is -2.16. The SMILES string of the molecule is CNc1cc(OCCC2CCC2)nc(C(F)(F)F)n1. The van der Waals surface area contributed by atoms with Gasteiger partial charge in [0.2, 0.25) is 11.7 Å². The lowest BCUT2D eigenvalue weighted by Gasteiger charge is -2.24. The molecule has 0 radical (unpaired) electrons. The van der Waals surface area contributed by atoms with Gasteiger partial charge in [0.05, 0.1) is 6.61 Å². The largest absolute Gasteiger partial charge is 0.478 e. The fraction of sp³-hybridized carbons (Fsp3) is 0.667. The van der Waals surface area contributed by atoms with E-state index in [2.05, 4.69) is 15.3 Å². The van der Waals surface area contributed by atoms with Crippen LogP contribution in [0.5, 0.6) is 5.88 Å². The number of aromatic nitrogens is 2. The molecular formula is C12H16F3N3O. The lowest BCUT2D eigenvalue weighted by molar-refractivity contribution is -0.145. The maximum absolute atomic E-state index is 12.6. The Labute approximate surface area is 109 Å². The molecule has 0 aliphatic heterocycles. The van der Waals surface area contributed by atoms with E-state index in [9.17, 15) is 13.2 Å². The van der Waals surface area contributed by atoms with Crippen molar-refractivity contribution >= 4 is 5.82 Å². The van der Waals surface area contributed by atoms with Gasteiger partial charge in [0, 0.05) is 13.1 Å². The van der Waals surface area contributed by atoms with Crippen LogP contribution in [0.15, 0.2) is 6.07 Å². The number of nitrogens with one attached hydrogen (secondary N) is 1. The fourth-order valence-corrected chi connectivity index (χ4v) is 1.87. The Morgan fingerprint density at radius 2 is 2.11 bits per heavy atom. The van der Waals surface area contributed by atoms with Gasteiger partial charge in [-0.3, -0.25) is 0 Å². The molecule has 1 saturated carbocycles. The van der Waals surface area contributed by atoms with Gasteiger partial charge in [0.1, 0.15) is 5.82 Å². The van der Waals surface area contributed by atoms with Crippen molar-refractivity contribution in [1.29, 1.82) is 0 Å². The highest BCUT2D eigenvalue weighted by Gasteiger charge is 2.35. The van der Waals surface area contributed by atoms with Crippen LogP contribution in [0.3, 0.4) is 0 Å². The lowest BCUT2D eigenvalue weighted by atomic mass is 9.83. The molecule has 1 aliphatic carbocycles. The zero-order valence-corrected chi connectivity index (χ0v) is 10.6. The summed E-state index contributed by atoms with van der Waals surface area (Å²) in [4.78, 5) is 6.76. The number of nitrogens with zero attached hydrogens (tertiary/aromatic N) is 2. The van der Waals surface area contributed by atoms with Crippen LogP contribution >= 0.6 is 0 Å². The van der Waals surface area contributed by atoms with Crippen LogP contribution in [-0.4, -0.2) is 23.6 Å². The summed E-state index contributed by atoms with van der Waals surface area (Å²) < 4.78 is 43.1. The van der Waals surface area contributed by atoms with Gasteiger partial charge in [-0.05, 0) is 12.3 Å². The summed E-state index contributed by atoms with van der Waals surface area (Å²) in [6.07, 6.45) is -0.106. The van der Waals surface area contributed by atoms with Crippen molar-refractivity contribution in [2.24, 2.45) is 5.92 Å². The van der Waals surface area contributed by atoms with Crippen molar-refractivity contribution in [3.8, 4) is 5.88 Å². The fourth-order valence-electron chi connectivity index (χ4n) is 1.87. The van der Waals surface area contributed by atoms with Gasteiger partial charge < -0.3 is 10.1 Å². The van der Waals surface area contributed by atoms with Crippen LogP contribution in [0, 0.1) is 5.92 Å². The molecule has 19 heavy (non-hydrogen) atoms. The molecule has 1 aromatic rings. The van der Waals surface area contributed by atoms with E-state index in [4.69, 9.17) is 4.74 Å². The molecule has 1 aromatic heterocycles. The van der Waals surface area contributed by atoms with Gasteiger partial charge in [-0.25, -0.2) is 4.98 Å². The zero-order chi connectivity index (χ0) is 13.9. The molecule has 1 aliphatic rings.